The molecule has 10 heteroatoms. The lowest BCUT2D eigenvalue weighted by Gasteiger charge is -2.39. The molecule has 0 amide bonds. The van der Waals surface area contributed by atoms with E-state index in [9.17, 15) is 30.0 Å². The van der Waals surface area contributed by atoms with Crippen LogP contribution in [0.4, 0.5) is 0 Å². The number of carbonyl (C=O) groups is 2. The zero-order chi connectivity index (χ0) is 38.1. The van der Waals surface area contributed by atoms with Gasteiger partial charge >= 0.3 is 11.9 Å². The van der Waals surface area contributed by atoms with Gasteiger partial charge in [0.15, 0.2) is 12.4 Å². The molecule has 0 aromatic carbocycles. The number of carbonyl (C=O) groups excluding carboxylic acids is 2. The van der Waals surface area contributed by atoms with Crippen LogP contribution in [-0.4, -0.2) is 89.0 Å². The maximum atomic E-state index is 12.7. The first-order chi connectivity index (χ1) is 25.3. The van der Waals surface area contributed by atoms with Crippen LogP contribution in [0.2, 0.25) is 0 Å². The lowest BCUT2D eigenvalue weighted by atomic mass is 9.99. The van der Waals surface area contributed by atoms with Crippen LogP contribution >= 0.6 is 0 Å². The topological polar surface area (TPSA) is 152 Å². The monoisotopic (exact) mass is 737 g/mol. The summed E-state index contributed by atoms with van der Waals surface area (Å²) in [7, 11) is 0. The summed E-state index contributed by atoms with van der Waals surface area (Å²) in [5, 5.41) is 39.9. The molecule has 10 nitrogen and oxygen atoms in total. The first-order valence-corrected chi connectivity index (χ1v) is 20.2. The Hall–Kier alpha value is -2.34. The lowest BCUT2D eigenvalue weighted by Crippen LogP contribution is -2.59. The van der Waals surface area contributed by atoms with E-state index in [0.717, 1.165) is 44.9 Å². The van der Waals surface area contributed by atoms with E-state index in [1.807, 2.05) is 6.08 Å². The molecular weight excluding hydrogens is 664 g/mol. The van der Waals surface area contributed by atoms with Crippen molar-refractivity contribution in [2.24, 2.45) is 0 Å². The van der Waals surface area contributed by atoms with Crippen molar-refractivity contribution >= 4 is 11.9 Å². The summed E-state index contributed by atoms with van der Waals surface area (Å²) in [5.74, 6) is -0.877. The van der Waals surface area contributed by atoms with Gasteiger partial charge in [0.1, 0.15) is 31.0 Å². The van der Waals surface area contributed by atoms with Crippen molar-refractivity contribution < 1.29 is 49.0 Å². The van der Waals surface area contributed by atoms with Crippen LogP contribution < -0.4 is 0 Å². The fourth-order valence-electron chi connectivity index (χ4n) is 5.71. The zero-order valence-electron chi connectivity index (χ0n) is 32.3. The Morgan fingerprint density at radius 1 is 0.596 bits per heavy atom. The molecule has 52 heavy (non-hydrogen) atoms. The normalized spacial score (nSPS) is 21.5. The van der Waals surface area contributed by atoms with Crippen molar-refractivity contribution in [1.82, 2.24) is 0 Å². The maximum absolute atomic E-state index is 12.7. The van der Waals surface area contributed by atoms with Gasteiger partial charge in [-0.25, -0.2) is 0 Å². The van der Waals surface area contributed by atoms with E-state index in [1.54, 1.807) is 0 Å². The van der Waals surface area contributed by atoms with E-state index in [4.69, 9.17) is 18.9 Å². The smallest absolute Gasteiger partial charge is 0.306 e. The number of rotatable bonds is 32. The van der Waals surface area contributed by atoms with Crippen LogP contribution in [0.15, 0.2) is 48.6 Å². The molecule has 300 valence electrons. The second kappa shape index (κ2) is 33.2. The Bertz CT molecular complexity index is 991. The highest BCUT2D eigenvalue weighted by Gasteiger charge is 2.44. The minimum Gasteiger partial charge on any atom is -0.462 e. The van der Waals surface area contributed by atoms with Gasteiger partial charge in [0.05, 0.1) is 13.2 Å². The fourth-order valence-corrected chi connectivity index (χ4v) is 5.71. The number of aliphatic hydroxyl groups excluding tert-OH is 4. The summed E-state index contributed by atoms with van der Waals surface area (Å²) in [5.41, 5.74) is 0. The summed E-state index contributed by atoms with van der Waals surface area (Å²) >= 11 is 0. The number of unbranched alkanes of at least 4 members (excludes halogenated alkanes) is 13. The molecule has 1 rings (SSSR count). The predicted octanol–water partition coefficient (Wildman–Crippen LogP) is 7.71. The minimum atomic E-state index is -1.60. The number of esters is 2. The number of hydrogen-bond donors (Lipinski definition) is 4. The van der Waals surface area contributed by atoms with Gasteiger partial charge in [0.2, 0.25) is 0 Å². The molecule has 0 aromatic rings. The van der Waals surface area contributed by atoms with Gasteiger partial charge in [0, 0.05) is 12.8 Å². The number of ether oxygens (including phenoxy) is 4. The van der Waals surface area contributed by atoms with Crippen molar-refractivity contribution in [2.75, 3.05) is 19.8 Å². The highest BCUT2D eigenvalue weighted by molar-refractivity contribution is 5.70. The second-order valence-corrected chi connectivity index (χ2v) is 13.7. The van der Waals surface area contributed by atoms with Gasteiger partial charge in [-0.05, 0) is 51.4 Å². The van der Waals surface area contributed by atoms with Crippen molar-refractivity contribution in [3.63, 3.8) is 0 Å². The molecule has 1 fully saturated rings. The van der Waals surface area contributed by atoms with Gasteiger partial charge in [-0.3, -0.25) is 9.59 Å². The van der Waals surface area contributed by atoms with Crippen LogP contribution in [0.5, 0.6) is 0 Å². The van der Waals surface area contributed by atoms with E-state index in [1.165, 1.54) is 64.2 Å². The van der Waals surface area contributed by atoms with Gasteiger partial charge in [-0.1, -0.05) is 133 Å². The van der Waals surface area contributed by atoms with Crippen LogP contribution in [0.25, 0.3) is 0 Å². The molecule has 0 aliphatic carbocycles. The largest absolute Gasteiger partial charge is 0.462 e. The maximum Gasteiger partial charge on any atom is 0.306 e. The molecule has 2 unspecified atom stereocenters. The molecule has 1 aliphatic rings. The highest BCUT2D eigenvalue weighted by atomic mass is 16.7. The Kier molecular flexibility index (Phi) is 30.5. The van der Waals surface area contributed by atoms with Crippen molar-refractivity contribution in [3.05, 3.63) is 48.6 Å². The molecule has 4 N–H and O–H groups in total. The van der Waals surface area contributed by atoms with Gasteiger partial charge in [-0.2, -0.15) is 0 Å². The fraction of sp³-hybridized carbons (Fsp3) is 0.762. The van der Waals surface area contributed by atoms with E-state index in [2.05, 4.69) is 56.4 Å². The lowest BCUT2D eigenvalue weighted by molar-refractivity contribution is -0.305. The standard InChI is InChI=1S/C42H72O10/c1-3-5-7-9-11-13-15-16-17-18-19-20-21-23-24-26-28-30-37(44)49-33-35(34-50-42-41(48)40(47)39(46)36(32-43)52-42)51-38(45)31-29-27-25-22-14-12-10-8-6-4-2/h11,13,16-17,19-20,23-24,35-36,39-43,46-48H,3-10,12,14-15,18,21-22,25-34H2,1-2H3/b13-11+,17-16+,20-19+,24-23+/t35-,36-,39+,40?,41?,42-/m0/s1. The summed E-state index contributed by atoms with van der Waals surface area (Å²) in [4.78, 5) is 25.1. The summed E-state index contributed by atoms with van der Waals surface area (Å²) in [6, 6.07) is 0. The number of hydrogen-bond acceptors (Lipinski definition) is 10. The summed E-state index contributed by atoms with van der Waals surface area (Å²) in [6.45, 7) is 3.30. The SMILES string of the molecule is CCCCC/C=C/C/C=C/C/C=C/C/C=C/CCCC(=O)OC[C@@H](CO[C@H]1O[C@@H](CO)[C@@H](O)C(O)C1O)OC(=O)CCCCCCCCCCCC. The highest BCUT2D eigenvalue weighted by Crippen LogP contribution is 2.22. The average molecular weight is 737 g/mol. The molecule has 0 radical (unpaired) electrons. The summed E-state index contributed by atoms with van der Waals surface area (Å²) < 4.78 is 22.0. The molecule has 0 bridgehead atoms. The van der Waals surface area contributed by atoms with Crippen LogP contribution in [-0.2, 0) is 28.5 Å². The molecule has 1 heterocycles. The number of aliphatic hydroxyl groups is 4. The van der Waals surface area contributed by atoms with Crippen LogP contribution in [0.3, 0.4) is 0 Å². The molecular formula is C42H72O10. The number of allylic oxidation sites excluding steroid dienone is 8. The van der Waals surface area contributed by atoms with Crippen LogP contribution in [0.1, 0.15) is 149 Å². The Labute approximate surface area is 314 Å². The van der Waals surface area contributed by atoms with Gasteiger partial charge < -0.3 is 39.4 Å². The third-order valence-electron chi connectivity index (χ3n) is 8.97. The molecule has 1 saturated heterocycles. The molecule has 1 aliphatic heterocycles. The van der Waals surface area contributed by atoms with E-state index in [-0.39, 0.29) is 26.1 Å². The van der Waals surface area contributed by atoms with E-state index in [0.29, 0.717) is 12.8 Å². The zero-order valence-corrected chi connectivity index (χ0v) is 32.3. The predicted molar refractivity (Wildman–Crippen MR) is 205 cm³/mol. The molecule has 0 aromatic heterocycles. The minimum absolute atomic E-state index is 0.199. The summed E-state index contributed by atoms with van der Waals surface area (Å²) in [6.07, 6.45) is 29.9. The van der Waals surface area contributed by atoms with Crippen LogP contribution in [0, 0.1) is 0 Å². The third kappa shape index (κ3) is 24.8. The average Bonchev–Trinajstić information content (AvgIpc) is 3.14. The Morgan fingerprint density at radius 2 is 1.10 bits per heavy atom. The van der Waals surface area contributed by atoms with Crippen molar-refractivity contribution in [1.29, 1.82) is 0 Å². The van der Waals surface area contributed by atoms with Gasteiger partial charge in [0.25, 0.3) is 0 Å². The van der Waals surface area contributed by atoms with Gasteiger partial charge in [-0.15, -0.1) is 0 Å². The molecule has 0 spiro atoms. The molecule has 6 atom stereocenters. The second-order valence-electron chi connectivity index (χ2n) is 13.7. The first kappa shape index (κ1) is 47.7. The van der Waals surface area contributed by atoms with E-state index >= 15 is 0 Å². The van der Waals surface area contributed by atoms with Crippen molar-refractivity contribution in [3.8, 4) is 0 Å². The Balaban J connectivity index is 2.41. The Morgan fingerprint density at radius 3 is 1.67 bits per heavy atom. The van der Waals surface area contributed by atoms with E-state index < -0.39 is 55.4 Å². The molecule has 0 saturated carbocycles. The van der Waals surface area contributed by atoms with Crippen molar-refractivity contribution in [2.45, 2.75) is 185 Å². The third-order valence-corrected chi connectivity index (χ3v) is 8.97. The quantitative estimate of drug-likeness (QED) is 0.0307. The first-order valence-electron chi connectivity index (χ1n) is 20.2.